The van der Waals surface area contributed by atoms with Crippen molar-refractivity contribution in [3.8, 4) is 22.6 Å². The van der Waals surface area contributed by atoms with Gasteiger partial charge in [-0.3, -0.25) is 19.7 Å². The van der Waals surface area contributed by atoms with Crippen LogP contribution >= 0.6 is 0 Å². The molecule has 4 aromatic rings. The van der Waals surface area contributed by atoms with Gasteiger partial charge >= 0.3 is 0 Å². The fourth-order valence-electron chi connectivity index (χ4n) is 6.94. The van der Waals surface area contributed by atoms with Gasteiger partial charge in [0.25, 0.3) is 0 Å². The lowest BCUT2D eigenvalue weighted by Gasteiger charge is -2.39. The molecule has 2 aliphatic heterocycles. The van der Waals surface area contributed by atoms with E-state index in [4.69, 9.17) is 24.2 Å². The van der Waals surface area contributed by atoms with E-state index < -0.39 is 12.2 Å². The molecule has 1 saturated heterocycles. The van der Waals surface area contributed by atoms with Crippen LogP contribution in [0.5, 0.6) is 11.5 Å². The summed E-state index contributed by atoms with van der Waals surface area (Å²) in [6.07, 6.45) is 1.34. The van der Waals surface area contributed by atoms with Crippen molar-refractivity contribution in [1.29, 1.82) is 0 Å². The van der Waals surface area contributed by atoms with Crippen molar-refractivity contribution in [2.24, 2.45) is 0 Å². The summed E-state index contributed by atoms with van der Waals surface area (Å²) in [7, 11) is 3.32. The molecule has 11 heteroatoms. The minimum absolute atomic E-state index is 0.0133. The zero-order valence-corrected chi connectivity index (χ0v) is 29.7. The van der Waals surface area contributed by atoms with Gasteiger partial charge in [-0.1, -0.05) is 72.8 Å². The summed E-state index contributed by atoms with van der Waals surface area (Å²) in [4.78, 5) is 26.1. The summed E-state index contributed by atoms with van der Waals surface area (Å²) >= 11 is 0. The zero-order chi connectivity index (χ0) is 36.5. The second kappa shape index (κ2) is 17.6. The fourth-order valence-corrected chi connectivity index (χ4v) is 6.94. The lowest BCUT2D eigenvalue weighted by atomic mass is 9.96. The maximum absolute atomic E-state index is 12.4. The largest absolute Gasteiger partial charge is 0.493 e. The molecule has 2 amide bonds. The first-order valence-electron chi connectivity index (χ1n) is 17.7. The molecule has 3 unspecified atom stereocenters. The Hall–Kier alpha value is -4.78. The van der Waals surface area contributed by atoms with Crippen molar-refractivity contribution in [3.05, 3.63) is 118 Å². The number of aliphatic hydroxyl groups is 1. The molecule has 6 rings (SSSR count). The molecule has 0 spiro atoms. The third-order valence-electron chi connectivity index (χ3n) is 9.79. The van der Waals surface area contributed by atoms with Crippen LogP contribution in [-0.2, 0) is 45.2 Å². The average molecular weight is 710 g/mol. The molecule has 0 saturated carbocycles. The number of methoxy groups -OCH3 is 2. The van der Waals surface area contributed by atoms with Crippen LogP contribution in [0.1, 0.15) is 71.5 Å². The van der Waals surface area contributed by atoms with Gasteiger partial charge in [-0.15, -0.1) is 0 Å². The number of carbonyl (C=O) groups excluding carboxylic acids is 2. The van der Waals surface area contributed by atoms with Gasteiger partial charge in [0.05, 0.1) is 33.0 Å². The lowest BCUT2D eigenvalue weighted by Crippen LogP contribution is -2.41. The molecule has 0 aliphatic carbocycles. The highest BCUT2D eigenvalue weighted by molar-refractivity contribution is 5.78. The number of nitrogens with one attached hydrogen (secondary N) is 2. The van der Waals surface area contributed by atoms with Crippen molar-refractivity contribution >= 4 is 11.8 Å². The Labute approximate surface area is 304 Å². The van der Waals surface area contributed by atoms with Gasteiger partial charge in [0, 0.05) is 51.0 Å². The SMILES string of the molecule is COc1cc2c(cc1OC)CN(CC1CC(c3ccc(CO)cc3)OC(c3ccc(-c4ccccc4CNC(=O)CCCC(=O)NO)cc3)O1)CC2. The number of amides is 2. The number of rotatable bonds is 14. The van der Waals surface area contributed by atoms with Crippen molar-refractivity contribution in [2.45, 2.75) is 70.3 Å². The first kappa shape index (κ1) is 37.0. The van der Waals surface area contributed by atoms with Crippen LogP contribution in [0.2, 0.25) is 0 Å². The quantitative estimate of drug-likeness (QED) is 0.0952. The molecule has 11 nitrogen and oxygen atoms in total. The summed E-state index contributed by atoms with van der Waals surface area (Å²) in [6, 6.07) is 28.2. The van der Waals surface area contributed by atoms with E-state index in [1.807, 2.05) is 72.8 Å². The van der Waals surface area contributed by atoms with Gasteiger partial charge < -0.3 is 29.4 Å². The fraction of sp³-hybridized carbons (Fsp3) is 0.366. The summed E-state index contributed by atoms with van der Waals surface area (Å²) < 4.78 is 24.4. The predicted molar refractivity (Wildman–Crippen MR) is 194 cm³/mol. The molecular formula is C41H47N3O8. The predicted octanol–water partition coefficient (Wildman–Crippen LogP) is 5.76. The molecule has 2 aliphatic rings. The van der Waals surface area contributed by atoms with Crippen molar-refractivity contribution in [2.75, 3.05) is 27.3 Å². The van der Waals surface area contributed by atoms with Gasteiger partial charge in [-0.2, -0.15) is 0 Å². The third-order valence-corrected chi connectivity index (χ3v) is 9.79. The molecule has 0 aromatic heterocycles. The van der Waals surface area contributed by atoms with E-state index in [0.29, 0.717) is 19.4 Å². The van der Waals surface area contributed by atoms with Crippen LogP contribution in [0.25, 0.3) is 11.1 Å². The Morgan fingerprint density at radius 3 is 2.27 bits per heavy atom. The number of hydrogen-bond acceptors (Lipinski definition) is 9. The molecule has 1 fully saturated rings. The van der Waals surface area contributed by atoms with E-state index >= 15 is 0 Å². The van der Waals surface area contributed by atoms with E-state index in [9.17, 15) is 14.7 Å². The second-order valence-electron chi connectivity index (χ2n) is 13.3. The normalized spacial score (nSPS) is 18.7. The second-order valence-corrected chi connectivity index (χ2v) is 13.3. The van der Waals surface area contributed by atoms with Gasteiger partial charge in [0.15, 0.2) is 17.8 Å². The van der Waals surface area contributed by atoms with E-state index in [-0.39, 0.29) is 37.6 Å². The molecule has 0 bridgehead atoms. The molecule has 0 radical (unpaired) electrons. The summed E-state index contributed by atoms with van der Waals surface area (Å²) in [5, 5.41) is 21.2. The lowest BCUT2D eigenvalue weighted by molar-refractivity contribution is -0.253. The number of nitrogens with zero attached hydrogens (tertiary/aromatic N) is 1. The molecule has 4 N–H and O–H groups in total. The summed E-state index contributed by atoms with van der Waals surface area (Å²) in [5.74, 6) is 0.811. The minimum Gasteiger partial charge on any atom is -0.493 e. The number of ether oxygens (including phenoxy) is 4. The summed E-state index contributed by atoms with van der Waals surface area (Å²) in [5.41, 5.74) is 9.85. The Morgan fingerprint density at radius 1 is 0.865 bits per heavy atom. The Bertz CT molecular complexity index is 1810. The van der Waals surface area contributed by atoms with Crippen LogP contribution in [0.15, 0.2) is 84.9 Å². The van der Waals surface area contributed by atoms with E-state index in [1.165, 1.54) is 11.1 Å². The first-order valence-corrected chi connectivity index (χ1v) is 17.7. The number of fused-ring (bicyclic) bond motifs is 1. The van der Waals surface area contributed by atoms with Crippen LogP contribution in [0, 0.1) is 0 Å². The highest BCUT2D eigenvalue weighted by Crippen LogP contribution is 2.40. The number of hydroxylamine groups is 1. The first-order chi connectivity index (χ1) is 25.4. The number of aliphatic hydroxyl groups excluding tert-OH is 1. The van der Waals surface area contributed by atoms with Crippen LogP contribution in [-0.4, -0.2) is 60.4 Å². The Kier molecular flexibility index (Phi) is 12.5. The van der Waals surface area contributed by atoms with E-state index in [0.717, 1.165) is 70.9 Å². The number of carbonyl (C=O) groups is 2. The van der Waals surface area contributed by atoms with Crippen molar-refractivity contribution in [3.63, 3.8) is 0 Å². The molecule has 274 valence electrons. The maximum Gasteiger partial charge on any atom is 0.243 e. The summed E-state index contributed by atoms with van der Waals surface area (Å²) in [6.45, 7) is 2.76. The van der Waals surface area contributed by atoms with Crippen molar-refractivity contribution < 1.29 is 38.9 Å². The van der Waals surface area contributed by atoms with Gasteiger partial charge in [0.1, 0.15) is 0 Å². The molecule has 52 heavy (non-hydrogen) atoms. The van der Waals surface area contributed by atoms with Crippen molar-refractivity contribution in [1.82, 2.24) is 15.7 Å². The van der Waals surface area contributed by atoms with Crippen LogP contribution in [0.4, 0.5) is 0 Å². The van der Waals surface area contributed by atoms with Gasteiger partial charge in [-0.25, -0.2) is 5.48 Å². The maximum atomic E-state index is 12.4. The Morgan fingerprint density at radius 2 is 1.56 bits per heavy atom. The smallest absolute Gasteiger partial charge is 0.243 e. The van der Waals surface area contributed by atoms with Crippen LogP contribution < -0.4 is 20.3 Å². The monoisotopic (exact) mass is 709 g/mol. The zero-order valence-electron chi connectivity index (χ0n) is 29.7. The highest BCUT2D eigenvalue weighted by Gasteiger charge is 2.34. The third kappa shape index (κ3) is 9.17. The molecule has 4 aromatic carbocycles. The molecular weight excluding hydrogens is 662 g/mol. The number of benzene rings is 4. The van der Waals surface area contributed by atoms with Gasteiger partial charge in [-0.05, 0) is 63.9 Å². The van der Waals surface area contributed by atoms with E-state index in [2.05, 4.69) is 22.3 Å². The topological polar surface area (TPSA) is 139 Å². The molecule has 2 heterocycles. The average Bonchev–Trinajstić information content (AvgIpc) is 3.19. The standard InChI is InChI=1S/C41H47N3O8/c1-49-37-20-31-18-19-44(24-33(31)21-38(37)50-2)25-34-22-36(29-12-10-27(26-45)11-13-29)52-41(51-34)30-16-14-28(15-17-30)35-7-4-3-6-32(35)23-42-39(46)8-5-9-40(47)43-48/h3-4,6-7,10-17,20-21,34,36,41,45,48H,5,8-9,18-19,22-26H2,1-2H3,(H,42,46)(H,43,47). The highest BCUT2D eigenvalue weighted by atomic mass is 16.7. The van der Waals surface area contributed by atoms with Crippen LogP contribution in [0.3, 0.4) is 0 Å². The minimum atomic E-state index is -0.584. The van der Waals surface area contributed by atoms with E-state index in [1.54, 1.807) is 19.7 Å². The number of hydrogen-bond donors (Lipinski definition) is 4. The molecule has 3 atom stereocenters. The Balaban J connectivity index is 1.16. The van der Waals surface area contributed by atoms with Gasteiger partial charge in [0.2, 0.25) is 11.8 Å².